The number of carboxylic acid groups (broad SMARTS) is 1. The molecule has 1 atom stereocenters. The molecule has 0 aliphatic heterocycles. The third kappa shape index (κ3) is 4.25. The number of aliphatic carboxylic acids is 1. The molecule has 0 fully saturated rings. The number of hydrogen-bond acceptors (Lipinski definition) is 3. The van der Waals surface area contributed by atoms with Gasteiger partial charge >= 0.3 is 5.97 Å². The lowest BCUT2D eigenvalue weighted by Gasteiger charge is -2.25. The van der Waals surface area contributed by atoms with Crippen LogP contribution in [-0.4, -0.2) is 29.9 Å². The highest BCUT2D eigenvalue weighted by molar-refractivity contribution is 5.95. The Morgan fingerprint density at radius 1 is 1.47 bits per heavy atom. The normalized spacial score (nSPS) is 11.7. The second kappa shape index (κ2) is 6.73. The Kier molecular flexibility index (Phi) is 5.30. The number of ketones is 1. The van der Waals surface area contributed by atoms with E-state index in [0.717, 1.165) is 5.69 Å². The molecule has 0 radical (unpaired) electrons. The van der Waals surface area contributed by atoms with E-state index in [4.69, 9.17) is 5.11 Å². The predicted molar refractivity (Wildman–Crippen MR) is 75.7 cm³/mol. The Bertz CT molecular complexity index is 482. The summed E-state index contributed by atoms with van der Waals surface area (Å²) in [6.45, 7) is 7.77. The Balaban J connectivity index is 2.98. The Hall–Kier alpha value is -2.10. The molecule has 1 N–H and O–H groups in total. The summed E-state index contributed by atoms with van der Waals surface area (Å²) < 4.78 is 0. The standard InChI is InChI=1S/C15H19NO3/c1-4-8-16(10-11(2)15(18)19)14-7-5-6-13(9-14)12(3)17/h4-7,9,11H,1,8,10H2,2-3H3,(H,18,19). The molecule has 0 heterocycles. The van der Waals surface area contributed by atoms with E-state index in [-0.39, 0.29) is 5.78 Å². The molecule has 0 saturated carbocycles. The molecule has 1 aromatic carbocycles. The number of rotatable bonds is 7. The Morgan fingerprint density at radius 2 is 2.16 bits per heavy atom. The number of carboxylic acids is 1. The number of benzene rings is 1. The van der Waals surface area contributed by atoms with Gasteiger partial charge in [0.15, 0.2) is 5.78 Å². The van der Waals surface area contributed by atoms with E-state index < -0.39 is 11.9 Å². The van der Waals surface area contributed by atoms with E-state index >= 15 is 0 Å². The number of anilines is 1. The van der Waals surface area contributed by atoms with E-state index in [0.29, 0.717) is 18.7 Å². The largest absolute Gasteiger partial charge is 0.481 e. The monoisotopic (exact) mass is 261 g/mol. The quantitative estimate of drug-likeness (QED) is 0.605. The van der Waals surface area contributed by atoms with E-state index in [9.17, 15) is 9.59 Å². The predicted octanol–water partition coefficient (Wildman–Crippen LogP) is 2.60. The summed E-state index contributed by atoms with van der Waals surface area (Å²) >= 11 is 0. The molecule has 0 spiro atoms. The third-order valence-electron chi connectivity index (χ3n) is 2.88. The van der Waals surface area contributed by atoms with Crippen molar-refractivity contribution in [2.45, 2.75) is 13.8 Å². The van der Waals surface area contributed by atoms with Crippen LogP contribution in [0.3, 0.4) is 0 Å². The maximum atomic E-state index is 11.4. The fourth-order valence-electron chi connectivity index (χ4n) is 1.77. The molecule has 0 aromatic heterocycles. The number of Topliss-reactive ketones (excluding diaryl/α,β-unsaturated/α-hetero) is 1. The Labute approximate surface area is 113 Å². The maximum Gasteiger partial charge on any atom is 0.308 e. The topological polar surface area (TPSA) is 57.6 Å². The fourth-order valence-corrected chi connectivity index (χ4v) is 1.77. The first-order valence-electron chi connectivity index (χ1n) is 6.15. The maximum absolute atomic E-state index is 11.4. The van der Waals surface area contributed by atoms with E-state index in [1.54, 1.807) is 31.2 Å². The lowest BCUT2D eigenvalue weighted by Crippen LogP contribution is -2.32. The van der Waals surface area contributed by atoms with Gasteiger partial charge in [-0.15, -0.1) is 6.58 Å². The average molecular weight is 261 g/mol. The summed E-state index contributed by atoms with van der Waals surface area (Å²) in [5, 5.41) is 8.98. The van der Waals surface area contributed by atoms with Crippen molar-refractivity contribution in [3.63, 3.8) is 0 Å². The summed E-state index contributed by atoms with van der Waals surface area (Å²) in [6, 6.07) is 7.19. The van der Waals surface area contributed by atoms with Crippen LogP contribution in [-0.2, 0) is 4.79 Å². The smallest absolute Gasteiger partial charge is 0.308 e. The molecule has 1 rings (SSSR count). The van der Waals surface area contributed by atoms with E-state index in [1.165, 1.54) is 6.92 Å². The molecular weight excluding hydrogens is 242 g/mol. The van der Waals surface area contributed by atoms with Gasteiger partial charge in [0.05, 0.1) is 5.92 Å². The average Bonchev–Trinajstić information content (AvgIpc) is 2.38. The van der Waals surface area contributed by atoms with Gasteiger partial charge in [-0.25, -0.2) is 0 Å². The molecule has 102 valence electrons. The first-order valence-corrected chi connectivity index (χ1v) is 6.15. The highest BCUT2D eigenvalue weighted by Crippen LogP contribution is 2.18. The molecule has 19 heavy (non-hydrogen) atoms. The van der Waals surface area contributed by atoms with Crippen molar-refractivity contribution in [3.05, 3.63) is 42.5 Å². The van der Waals surface area contributed by atoms with Crippen LogP contribution in [0, 0.1) is 5.92 Å². The highest BCUT2D eigenvalue weighted by atomic mass is 16.4. The minimum absolute atomic E-state index is 0.00770. The van der Waals surface area contributed by atoms with Gasteiger partial charge in [-0.1, -0.05) is 25.1 Å². The third-order valence-corrected chi connectivity index (χ3v) is 2.88. The van der Waals surface area contributed by atoms with Gasteiger partial charge in [-0.3, -0.25) is 9.59 Å². The van der Waals surface area contributed by atoms with Gasteiger partial charge in [-0.2, -0.15) is 0 Å². The molecule has 0 amide bonds. The molecule has 0 aliphatic carbocycles. The molecule has 0 aliphatic rings. The van der Waals surface area contributed by atoms with Crippen LogP contribution in [0.15, 0.2) is 36.9 Å². The van der Waals surface area contributed by atoms with Crippen LogP contribution in [0.5, 0.6) is 0 Å². The van der Waals surface area contributed by atoms with Gasteiger partial charge < -0.3 is 10.0 Å². The first kappa shape index (κ1) is 15.0. The zero-order valence-electron chi connectivity index (χ0n) is 11.3. The summed E-state index contributed by atoms with van der Waals surface area (Å²) in [6.07, 6.45) is 1.72. The number of carbonyl (C=O) groups excluding carboxylic acids is 1. The zero-order chi connectivity index (χ0) is 14.4. The summed E-state index contributed by atoms with van der Waals surface area (Å²) in [5.41, 5.74) is 1.45. The van der Waals surface area contributed by atoms with Gasteiger partial charge in [0.2, 0.25) is 0 Å². The highest BCUT2D eigenvalue weighted by Gasteiger charge is 2.16. The van der Waals surface area contributed by atoms with Crippen LogP contribution in [0.4, 0.5) is 5.69 Å². The number of carbonyl (C=O) groups is 2. The molecule has 4 heteroatoms. The number of nitrogens with zero attached hydrogens (tertiary/aromatic N) is 1. The molecular formula is C15H19NO3. The molecule has 1 unspecified atom stereocenters. The first-order chi connectivity index (χ1) is 8.95. The minimum atomic E-state index is -0.836. The lowest BCUT2D eigenvalue weighted by atomic mass is 10.1. The minimum Gasteiger partial charge on any atom is -0.481 e. The fraction of sp³-hybridized carbons (Fsp3) is 0.333. The van der Waals surface area contributed by atoms with Crippen molar-refractivity contribution >= 4 is 17.4 Å². The SMILES string of the molecule is C=CCN(CC(C)C(=O)O)c1cccc(C(C)=O)c1. The summed E-state index contributed by atoms with van der Waals surface area (Å²) in [4.78, 5) is 24.2. The molecule has 0 bridgehead atoms. The van der Waals surface area contributed by atoms with Crippen molar-refractivity contribution in [1.29, 1.82) is 0 Å². The van der Waals surface area contributed by atoms with E-state index in [1.807, 2.05) is 11.0 Å². The van der Waals surface area contributed by atoms with Gasteiger partial charge in [0.1, 0.15) is 0 Å². The van der Waals surface area contributed by atoms with Crippen molar-refractivity contribution in [2.24, 2.45) is 5.92 Å². The van der Waals surface area contributed by atoms with Crippen LogP contribution in [0.1, 0.15) is 24.2 Å². The van der Waals surface area contributed by atoms with Crippen LogP contribution in [0.25, 0.3) is 0 Å². The van der Waals surface area contributed by atoms with Crippen molar-refractivity contribution in [3.8, 4) is 0 Å². The number of hydrogen-bond donors (Lipinski definition) is 1. The van der Waals surface area contributed by atoms with Crippen molar-refractivity contribution < 1.29 is 14.7 Å². The zero-order valence-corrected chi connectivity index (χ0v) is 11.3. The second-order valence-electron chi connectivity index (χ2n) is 4.54. The van der Waals surface area contributed by atoms with Gasteiger partial charge in [0.25, 0.3) is 0 Å². The van der Waals surface area contributed by atoms with Crippen molar-refractivity contribution in [2.75, 3.05) is 18.0 Å². The van der Waals surface area contributed by atoms with Crippen LogP contribution in [0.2, 0.25) is 0 Å². The Morgan fingerprint density at radius 3 is 2.68 bits per heavy atom. The lowest BCUT2D eigenvalue weighted by molar-refractivity contribution is -0.140. The van der Waals surface area contributed by atoms with Gasteiger partial charge in [-0.05, 0) is 19.1 Å². The van der Waals surface area contributed by atoms with Crippen LogP contribution < -0.4 is 4.90 Å². The second-order valence-corrected chi connectivity index (χ2v) is 4.54. The molecule has 1 aromatic rings. The van der Waals surface area contributed by atoms with Crippen LogP contribution >= 0.6 is 0 Å². The summed E-state index contributed by atoms with van der Waals surface area (Å²) in [5.74, 6) is -1.33. The van der Waals surface area contributed by atoms with Crippen molar-refractivity contribution in [1.82, 2.24) is 0 Å². The van der Waals surface area contributed by atoms with Gasteiger partial charge in [0, 0.05) is 24.3 Å². The van der Waals surface area contributed by atoms with E-state index in [2.05, 4.69) is 6.58 Å². The summed E-state index contributed by atoms with van der Waals surface area (Å²) in [7, 11) is 0. The molecule has 4 nitrogen and oxygen atoms in total. The molecule has 0 saturated heterocycles.